The number of fused-ring (bicyclic) bond motifs is 1. The summed E-state index contributed by atoms with van der Waals surface area (Å²) in [6.07, 6.45) is 1.12. The van der Waals surface area contributed by atoms with Crippen LogP contribution in [0.1, 0.15) is 10.5 Å². The van der Waals surface area contributed by atoms with E-state index in [9.17, 15) is 19.2 Å². The molecule has 11 heteroatoms. The summed E-state index contributed by atoms with van der Waals surface area (Å²) in [7, 11) is 1.55. The number of carbonyl (C=O) groups excluding carboxylic acids is 1. The smallest absolute Gasteiger partial charge is 0.328 e. The number of hydrogen-bond donors (Lipinski definition) is 4. The molecule has 32 heavy (non-hydrogen) atoms. The number of aromatic amines is 1. The standard InChI is InChI=1S/C17H21N3O4.C4H4O4/c1-23-12-2-3-14-13(10-12)16(21)11-15(19-14)17(22)18-4-5-20-6-8-24-9-7-20;5-3(6)1-2-4(7)8/h2-3,10-11H,4-9H2,1H3,(H,18,22)(H,19,21);1-2H,(H,5,6)(H,7,8)/b;2-1-. The molecule has 2 aromatic rings. The maximum Gasteiger partial charge on any atom is 0.328 e. The predicted octanol–water partition coefficient (Wildman–Crippen LogP) is 0.311. The van der Waals surface area contributed by atoms with Crippen LogP contribution in [-0.2, 0) is 14.3 Å². The SMILES string of the molecule is COc1ccc2[nH]c(C(=O)NCCN3CCOCC3)cc(=O)c2c1.O=C(O)/C=C\C(=O)O. The molecular weight excluding hydrogens is 422 g/mol. The molecule has 0 bridgehead atoms. The quantitative estimate of drug-likeness (QED) is 0.438. The summed E-state index contributed by atoms with van der Waals surface area (Å²) < 4.78 is 10.4. The Labute approximate surface area is 183 Å². The van der Waals surface area contributed by atoms with Gasteiger partial charge in [-0.15, -0.1) is 0 Å². The summed E-state index contributed by atoms with van der Waals surface area (Å²) >= 11 is 0. The van der Waals surface area contributed by atoms with Crippen LogP contribution in [0.15, 0.2) is 41.2 Å². The van der Waals surface area contributed by atoms with E-state index in [1.807, 2.05) is 0 Å². The van der Waals surface area contributed by atoms with Crippen LogP contribution >= 0.6 is 0 Å². The predicted molar refractivity (Wildman–Crippen MR) is 115 cm³/mol. The van der Waals surface area contributed by atoms with Crippen molar-refractivity contribution < 1.29 is 34.1 Å². The molecular formula is C21H25N3O8. The molecule has 0 unspecified atom stereocenters. The van der Waals surface area contributed by atoms with Gasteiger partial charge in [-0.2, -0.15) is 0 Å². The number of carbonyl (C=O) groups is 3. The fourth-order valence-electron chi connectivity index (χ4n) is 2.87. The zero-order valence-electron chi connectivity index (χ0n) is 17.5. The maximum absolute atomic E-state index is 12.3. The van der Waals surface area contributed by atoms with Gasteiger partial charge in [-0.3, -0.25) is 14.5 Å². The van der Waals surface area contributed by atoms with Crippen molar-refractivity contribution in [2.75, 3.05) is 46.5 Å². The molecule has 0 radical (unpaired) electrons. The first-order chi connectivity index (χ1) is 15.3. The summed E-state index contributed by atoms with van der Waals surface area (Å²) in [6, 6.07) is 6.47. The highest BCUT2D eigenvalue weighted by Gasteiger charge is 2.12. The Morgan fingerprint density at radius 1 is 1.16 bits per heavy atom. The topological polar surface area (TPSA) is 158 Å². The highest BCUT2D eigenvalue weighted by Crippen LogP contribution is 2.16. The molecule has 1 saturated heterocycles. The molecule has 1 aromatic carbocycles. The average Bonchev–Trinajstić information content (AvgIpc) is 2.78. The van der Waals surface area contributed by atoms with Gasteiger partial charge in [-0.05, 0) is 18.2 Å². The number of ether oxygens (including phenoxy) is 2. The highest BCUT2D eigenvalue weighted by molar-refractivity contribution is 5.95. The fraction of sp³-hybridized carbons (Fsp3) is 0.333. The van der Waals surface area contributed by atoms with Gasteiger partial charge in [-0.1, -0.05) is 0 Å². The lowest BCUT2D eigenvalue weighted by atomic mass is 10.2. The molecule has 2 heterocycles. The number of H-pyrrole nitrogens is 1. The van der Waals surface area contributed by atoms with Gasteiger partial charge >= 0.3 is 11.9 Å². The summed E-state index contributed by atoms with van der Waals surface area (Å²) in [4.78, 5) is 48.8. The van der Waals surface area contributed by atoms with E-state index in [-0.39, 0.29) is 17.0 Å². The van der Waals surface area contributed by atoms with Crippen molar-refractivity contribution in [1.82, 2.24) is 15.2 Å². The van der Waals surface area contributed by atoms with Crippen molar-refractivity contribution in [2.24, 2.45) is 0 Å². The minimum atomic E-state index is -1.26. The number of nitrogens with one attached hydrogen (secondary N) is 2. The Kier molecular flexibility index (Phi) is 9.39. The Hall–Kier alpha value is -3.70. The molecule has 0 aliphatic carbocycles. The third kappa shape index (κ3) is 7.85. The van der Waals surface area contributed by atoms with Crippen molar-refractivity contribution in [1.29, 1.82) is 0 Å². The number of rotatable bonds is 7. The number of morpholine rings is 1. The number of carboxylic acids is 2. The molecule has 3 rings (SSSR count). The lowest BCUT2D eigenvalue weighted by molar-refractivity contribution is -0.134. The van der Waals surface area contributed by atoms with Crippen LogP contribution in [0.5, 0.6) is 5.75 Å². The van der Waals surface area contributed by atoms with Crippen LogP contribution in [0.3, 0.4) is 0 Å². The number of carboxylic acid groups (broad SMARTS) is 2. The van der Waals surface area contributed by atoms with E-state index in [4.69, 9.17) is 19.7 Å². The molecule has 1 amide bonds. The normalized spacial score (nSPS) is 13.9. The van der Waals surface area contributed by atoms with Crippen molar-refractivity contribution in [3.63, 3.8) is 0 Å². The first-order valence-electron chi connectivity index (χ1n) is 9.73. The molecule has 172 valence electrons. The summed E-state index contributed by atoms with van der Waals surface area (Å²) in [5.74, 6) is -2.19. The molecule has 11 nitrogen and oxygen atoms in total. The van der Waals surface area contributed by atoms with Crippen LogP contribution in [0, 0.1) is 0 Å². The Balaban J connectivity index is 0.000000390. The summed E-state index contributed by atoms with van der Waals surface area (Å²) in [5, 5.41) is 19.0. The molecule has 0 spiro atoms. The second-order valence-corrected chi connectivity index (χ2v) is 6.68. The molecule has 1 aliphatic rings. The van der Waals surface area contributed by atoms with E-state index in [2.05, 4.69) is 15.2 Å². The van der Waals surface area contributed by atoms with Crippen molar-refractivity contribution in [3.8, 4) is 5.75 Å². The third-order valence-corrected chi connectivity index (χ3v) is 4.47. The monoisotopic (exact) mass is 447 g/mol. The van der Waals surface area contributed by atoms with Gasteiger partial charge in [0, 0.05) is 49.8 Å². The number of benzene rings is 1. The average molecular weight is 447 g/mol. The van der Waals surface area contributed by atoms with Gasteiger partial charge in [-0.25, -0.2) is 9.59 Å². The maximum atomic E-state index is 12.3. The largest absolute Gasteiger partial charge is 0.497 e. The number of hydrogen-bond acceptors (Lipinski definition) is 7. The molecule has 1 aromatic heterocycles. The van der Waals surface area contributed by atoms with Crippen molar-refractivity contribution in [2.45, 2.75) is 0 Å². The number of amides is 1. The Bertz CT molecular complexity index is 1030. The van der Waals surface area contributed by atoms with Crippen LogP contribution < -0.4 is 15.5 Å². The lowest BCUT2D eigenvalue weighted by Crippen LogP contribution is -2.41. The van der Waals surface area contributed by atoms with Gasteiger partial charge in [0.25, 0.3) is 5.91 Å². The molecule has 0 saturated carbocycles. The van der Waals surface area contributed by atoms with Crippen LogP contribution in [0.4, 0.5) is 0 Å². The number of aromatic nitrogens is 1. The van der Waals surface area contributed by atoms with E-state index in [1.54, 1.807) is 25.3 Å². The van der Waals surface area contributed by atoms with Crippen LogP contribution in [0.25, 0.3) is 10.9 Å². The zero-order valence-corrected chi connectivity index (χ0v) is 17.5. The van der Waals surface area contributed by atoms with Gasteiger partial charge in [0.05, 0.1) is 25.8 Å². The fourth-order valence-corrected chi connectivity index (χ4v) is 2.87. The summed E-state index contributed by atoms with van der Waals surface area (Å²) in [6.45, 7) is 4.52. The lowest BCUT2D eigenvalue weighted by Gasteiger charge is -2.26. The first kappa shape index (κ1) is 24.6. The second-order valence-electron chi connectivity index (χ2n) is 6.68. The Morgan fingerprint density at radius 2 is 1.81 bits per heavy atom. The minimum absolute atomic E-state index is 0.207. The number of nitrogens with zero attached hydrogens (tertiary/aromatic N) is 1. The van der Waals surface area contributed by atoms with Crippen LogP contribution in [-0.4, -0.2) is 84.4 Å². The number of methoxy groups -OCH3 is 1. The molecule has 1 fully saturated rings. The highest BCUT2D eigenvalue weighted by atomic mass is 16.5. The third-order valence-electron chi connectivity index (χ3n) is 4.47. The van der Waals surface area contributed by atoms with E-state index in [1.165, 1.54) is 6.07 Å². The first-order valence-corrected chi connectivity index (χ1v) is 9.73. The van der Waals surface area contributed by atoms with Gasteiger partial charge in [0.15, 0.2) is 5.43 Å². The number of pyridine rings is 1. The summed E-state index contributed by atoms with van der Waals surface area (Å²) in [5.41, 5.74) is 0.669. The van der Waals surface area contributed by atoms with Crippen molar-refractivity contribution >= 4 is 28.7 Å². The van der Waals surface area contributed by atoms with Gasteiger partial charge < -0.3 is 30.0 Å². The minimum Gasteiger partial charge on any atom is -0.497 e. The van der Waals surface area contributed by atoms with E-state index >= 15 is 0 Å². The van der Waals surface area contributed by atoms with Crippen LogP contribution in [0.2, 0.25) is 0 Å². The second kappa shape index (κ2) is 12.2. The molecule has 0 atom stereocenters. The Morgan fingerprint density at radius 3 is 2.41 bits per heavy atom. The van der Waals surface area contributed by atoms with Crippen molar-refractivity contribution in [3.05, 3.63) is 52.3 Å². The molecule has 1 aliphatic heterocycles. The van der Waals surface area contributed by atoms with Gasteiger partial charge in [0.1, 0.15) is 11.4 Å². The molecule has 4 N–H and O–H groups in total. The van der Waals surface area contributed by atoms with E-state index in [0.717, 1.165) is 32.8 Å². The van der Waals surface area contributed by atoms with Gasteiger partial charge in [0.2, 0.25) is 0 Å². The zero-order chi connectivity index (χ0) is 23.5. The number of aliphatic carboxylic acids is 2. The van der Waals surface area contributed by atoms with E-state index < -0.39 is 11.9 Å². The van der Waals surface area contributed by atoms with E-state index in [0.29, 0.717) is 35.3 Å².